The van der Waals surface area contributed by atoms with Gasteiger partial charge in [-0.2, -0.15) is 5.10 Å². The maximum atomic E-state index is 12.4. The Kier molecular flexibility index (Phi) is 6.56. The molecule has 0 aliphatic rings. The molecule has 0 spiro atoms. The second-order valence-corrected chi connectivity index (χ2v) is 6.24. The number of furan rings is 1. The molecule has 2 aromatic carbocycles. The Bertz CT molecular complexity index is 1110. The maximum Gasteiger partial charge on any atom is 0.335 e. The number of hydrogen-bond acceptors (Lipinski definition) is 7. The molecule has 2 N–H and O–H groups in total. The Morgan fingerprint density at radius 1 is 0.968 bits per heavy atom. The summed E-state index contributed by atoms with van der Waals surface area (Å²) < 4.78 is 21.1. The smallest absolute Gasteiger partial charge is 0.335 e. The Morgan fingerprint density at radius 2 is 1.68 bits per heavy atom. The lowest BCUT2D eigenvalue weighted by molar-refractivity contribution is 0.0696. The number of aromatic carboxylic acids is 1. The fourth-order valence-electron chi connectivity index (χ4n) is 2.83. The zero-order chi connectivity index (χ0) is 22.4. The standard InChI is InChI=1S/C22H20N2O7/c1-28-18-9-15(10-19(29-2)20(18)30-3)21(25)24-23-11-17-8-16(12-31-17)13-5-4-6-14(7-13)22(26)27/h4-12H,1-3H3,(H,24,25)(H,26,27)/b23-11+. The molecule has 0 unspecified atom stereocenters. The van der Waals surface area contributed by atoms with Crippen molar-refractivity contribution in [3.05, 3.63) is 65.6 Å². The minimum atomic E-state index is -1.01. The summed E-state index contributed by atoms with van der Waals surface area (Å²) in [6, 6.07) is 11.2. The third-order valence-corrected chi connectivity index (χ3v) is 4.35. The van der Waals surface area contributed by atoms with Gasteiger partial charge in [0.25, 0.3) is 5.91 Å². The molecule has 0 aliphatic heterocycles. The van der Waals surface area contributed by atoms with Gasteiger partial charge in [0.2, 0.25) is 5.75 Å². The first-order chi connectivity index (χ1) is 15.0. The quantitative estimate of drug-likeness (QED) is 0.420. The highest BCUT2D eigenvalue weighted by Crippen LogP contribution is 2.38. The monoisotopic (exact) mass is 424 g/mol. The molecular formula is C22H20N2O7. The fraction of sp³-hybridized carbons (Fsp3) is 0.136. The van der Waals surface area contributed by atoms with Crippen LogP contribution in [0.3, 0.4) is 0 Å². The van der Waals surface area contributed by atoms with Gasteiger partial charge in [0, 0.05) is 11.1 Å². The zero-order valence-corrected chi connectivity index (χ0v) is 17.0. The summed E-state index contributed by atoms with van der Waals surface area (Å²) in [6.45, 7) is 0. The van der Waals surface area contributed by atoms with Crippen LogP contribution in [0.1, 0.15) is 26.5 Å². The van der Waals surface area contributed by atoms with Gasteiger partial charge in [-0.25, -0.2) is 10.2 Å². The number of ether oxygens (including phenoxy) is 3. The van der Waals surface area contributed by atoms with Crippen LogP contribution in [0.15, 0.2) is 58.2 Å². The average molecular weight is 424 g/mol. The molecule has 0 bridgehead atoms. The number of hydrogen-bond donors (Lipinski definition) is 2. The fourth-order valence-corrected chi connectivity index (χ4v) is 2.83. The zero-order valence-electron chi connectivity index (χ0n) is 17.0. The number of carbonyl (C=O) groups excluding carboxylic acids is 1. The molecule has 0 saturated heterocycles. The van der Waals surface area contributed by atoms with Crippen molar-refractivity contribution < 1.29 is 33.3 Å². The van der Waals surface area contributed by atoms with E-state index in [2.05, 4.69) is 10.5 Å². The normalized spacial score (nSPS) is 10.7. The van der Waals surface area contributed by atoms with Gasteiger partial charge in [-0.15, -0.1) is 0 Å². The van der Waals surface area contributed by atoms with Gasteiger partial charge < -0.3 is 23.7 Å². The summed E-state index contributed by atoms with van der Waals surface area (Å²) in [5.41, 5.74) is 4.20. The van der Waals surface area contributed by atoms with Crippen molar-refractivity contribution in [3.63, 3.8) is 0 Å². The first-order valence-corrected chi connectivity index (χ1v) is 9.02. The third kappa shape index (κ3) is 4.84. The minimum absolute atomic E-state index is 0.173. The van der Waals surface area contributed by atoms with Crippen molar-refractivity contribution in [3.8, 4) is 28.4 Å². The van der Waals surface area contributed by atoms with Crippen molar-refractivity contribution in [2.24, 2.45) is 5.10 Å². The second kappa shape index (κ2) is 9.49. The van der Waals surface area contributed by atoms with Crippen LogP contribution >= 0.6 is 0 Å². The Balaban J connectivity index is 1.72. The number of benzene rings is 2. The van der Waals surface area contributed by atoms with Crippen LogP contribution in [-0.2, 0) is 0 Å². The van der Waals surface area contributed by atoms with E-state index in [9.17, 15) is 9.59 Å². The van der Waals surface area contributed by atoms with E-state index in [1.54, 1.807) is 24.3 Å². The second-order valence-electron chi connectivity index (χ2n) is 6.24. The lowest BCUT2D eigenvalue weighted by atomic mass is 10.1. The molecular weight excluding hydrogens is 404 g/mol. The molecule has 3 rings (SSSR count). The number of amides is 1. The van der Waals surface area contributed by atoms with E-state index < -0.39 is 11.9 Å². The van der Waals surface area contributed by atoms with E-state index in [4.69, 9.17) is 23.7 Å². The SMILES string of the molecule is COc1cc(C(=O)N/N=C/c2cc(-c3cccc(C(=O)O)c3)co2)cc(OC)c1OC. The van der Waals surface area contributed by atoms with E-state index in [-0.39, 0.29) is 11.1 Å². The molecule has 0 atom stereocenters. The summed E-state index contributed by atoms with van der Waals surface area (Å²) in [7, 11) is 4.38. The molecule has 1 heterocycles. The number of hydrazone groups is 1. The van der Waals surface area contributed by atoms with Gasteiger partial charge in [-0.05, 0) is 35.9 Å². The van der Waals surface area contributed by atoms with Crippen molar-refractivity contribution in [2.75, 3.05) is 21.3 Å². The van der Waals surface area contributed by atoms with Crippen molar-refractivity contribution in [1.82, 2.24) is 5.43 Å². The molecule has 0 radical (unpaired) electrons. The molecule has 0 aliphatic carbocycles. The van der Waals surface area contributed by atoms with E-state index >= 15 is 0 Å². The summed E-state index contributed by atoms with van der Waals surface area (Å²) in [5.74, 6) is -0.0652. The van der Waals surface area contributed by atoms with Crippen molar-refractivity contribution in [1.29, 1.82) is 0 Å². The minimum Gasteiger partial charge on any atom is -0.493 e. The number of methoxy groups -OCH3 is 3. The van der Waals surface area contributed by atoms with Crippen LogP contribution < -0.4 is 19.6 Å². The molecule has 3 aromatic rings. The predicted molar refractivity (Wildman–Crippen MR) is 112 cm³/mol. The Labute approximate surface area is 177 Å². The van der Waals surface area contributed by atoms with E-state index in [1.165, 1.54) is 52.0 Å². The lowest BCUT2D eigenvalue weighted by Gasteiger charge is -2.13. The summed E-state index contributed by atoms with van der Waals surface area (Å²) in [5, 5.41) is 13.0. The summed E-state index contributed by atoms with van der Waals surface area (Å²) in [6.07, 6.45) is 2.81. The van der Waals surface area contributed by atoms with E-state index in [1.807, 2.05) is 0 Å². The number of nitrogens with one attached hydrogen (secondary N) is 1. The first-order valence-electron chi connectivity index (χ1n) is 9.02. The van der Waals surface area contributed by atoms with Gasteiger partial charge >= 0.3 is 5.97 Å². The molecule has 9 heteroatoms. The summed E-state index contributed by atoms with van der Waals surface area (Å²) >= 11 is 0. The molecule has 160 valence electrons. The Morgan fingerprint density at radius 3 is 2.29 bits per heavy atom. The highest BCUT2D eigenvalue weighted by atomic mass is 16.5. The molecule has 0 fully saturated rings. The molecule has 1 amide bonds. The number of rotatable bonds is 8. The van der Waals surface area contributed by atoms with Crippen LogP contribution in [0.5, 0.6) is 17.2 Å². The molecule has 9 nitrogen and oxygen atoms in total. The van der Waals surface area contributed by atoms with Crippen LogP contribution in [0.4, 0.5) is 0 Å². The summed E-state index contributed by atoms with van der Waals surface area (Å²) in [4.78, 5) is 23.6. The van der Waals surface area contributed by atoms with Crippen molar-refractivity contribution >= 4 is 18.1 Å². The molecule has 1 aromatic heterocycles. The van der Waals surface area contributed by atoms with Gasteiger partial charge in [0.15, 0.2) is 11.5 Å². The molecule has 31 heavy (non-hydrogen) atoms. The largest absolute Gasteiger partial charge is 0.493 e. The maximum absolute atomic E-state index is 12.4. The topological polar surface area (TPSA) is 120 Å². The number of nitrogens with zero attached hydrogens (tertiary/aromatic N) is 1. The van der Waals surface area contributed by atoms with E-state index in [0.717, 1.165) is 0 Å². The van der Waals surface area contributed by atoms with Gasteiger partial charge in [0.1, 0.15) is 5.76 Å². The van der Waals surface area contributed by atoms with Gasteiger partial charge in [0.05, 0.1) is 39.4 Å². The van der Waals surface area contributed by atoms with Crippen LogP contribution in [0, 0.1) is 0 Å². The number of carboxylic acids is 1. The van der Waals surface area contributed by atoms with Crippen LogP contribution in [-0.4, -0.2) is 44.5 Å². The van der Waals surface area contributed by atoms with Crippen LogP contribution in [0.25, 0.3) is 11.1 Å². The van der Waals surface area contributed by atoms with Gasteiger partial charge in [-0.1, -0.05) is 12.1 Å². The predicted octanol–water partition coefficient (Wildman–Crippen LogP) is 3.43. The first kappa shape index (κ1) is 21.4. The lowest BCUT2D eigenvalue weighted by Crippen LogP contribution is -2.18. The van der Waals surface area contributed by atoms with Crippen LogP contribution in [0.2, 0.25) is 0 Å². The van der Waals surface area contributed by atoms with Crippen molar-refractivity contribution in [2.45, 2.75) is 0 Å². The average Bonchev–Trinajstić information content (AvgIpc) is 3.26. The highest BCUT2D eigenvalue weighted by molar-refractivity contribution is 5.96. The Hall–Kier alpha value is -4.27. The van der Waals surface area contributed by atoms with E-state index in [0.29, 0.717) is 34.1 Å². The number of carboxylic acid groups (broad SMARTS) is 1. The highest BCUT2D eigenvalue weighted by Gasteiger charge is 2.16. The number of carbonyl (C=O) groups is 2. The van der Waals surface area contributed by atoms with Gasteiger partial charge in [-0.3, -0.25) is 4.79 Å². The third-order valence-electron chi connectivity index (χ3n) is 4.35. The molecule has 0 saturated carbocycles.